The second kappa shape index (κ2) is 5.50. The first kappa shape index (κ1) is 13.5. The van der Waals surface area contributed by atoms with Crippen LogP contribution in [0.3, 0.4) is 0 Å². The molecule has 22 heavy (non-hydrogen) atoms. The van der Waals surface area contributed by atoms with E-state index in [1.54, 1.807) is 36.4 Å². The molecule has 0 unspecified atom stereocenters. The molecule has 1 heterocycles. The summed E-state index contributed by atoms with van der Waals surface area (Å²) in [4.78, 5) is 20.2. The van der Waals surface area contributed by atoms with E-state index in [1.165, 1.54) is 0 Å². The number of anilines is 2. The molecule has 3 N–H and O–H groups in total. The molecule has 0 aliphatic carbocycles. The Labute approximate surface area is 126 Å². The van der Waals surface area contributed by atoms with Gasteiger partial charge in [0, 0.05) is 5.69 Å². The van der Waals surface area contributed by atoms with Crippen molar-refractivity contribution in [1.82, 2.24) is 9.97 Å². The van der Waals surface area contributed by atoms with Crippen LogP contribution in [0.4, 0.5) is 11.5 Å². The lowest BCUT2D eigenvalue weighted by atomic mass is 10.2. The molecule has 106 valence electrons. The van der Waals surface area contributed by atoms with Crippen LogP contribution in [0.1, 0.15) is 16.1 Å². The van der Waals surface area contributed by atoms with Crippen molar-refractivity contribution in [1.29, 1.82) is 5.26 Å². The summed E-state index contributed by atoms with van der Waals surface area (Å²) in [5.74, 6) is -0.404. The number of carbonyl (C=O) groups is 1. The fraction of sp³-hybridized carbons (Fsp3) is 0. The highest BCUT2D eigenvalue weighted by Crippen LogP contribution is 2.21. The minimum atomic E-state index is -0.669. The lowest BCUT2D eigenvalue weighted by molar-refractivity contribution is 0.0996. The average molecular weight is 289 g/mol. The predicted molar refractivity (Wildman–Crippen MR) is 82.5 cm³/mol. The van der Waals surface area contributed by atoms with E-state index in [9.17, 15) is 4.79 Å². The predicted octanol–water partition coefficient (Wildman–Crippen LogP) is 2.34. The van der Waals surface area contributed by atoms with Crippen molar-refractivity contribution < 1.29 is 4.79 Å². The molecule has 0 bridgehead atoms. The molecule has 0 radical (unpaired) electrons. The largest absolute Gasteiger partial charge is 0.364 e. The monoisotopic (exact) mass is 289 g/mol. The van der Waals surface area contributed by atoms with Gasteiger partial charge in [-0.25, -0.2) is 9.97 Å². The van der Waals surface area contributed by atoms with Crippen LogP contribution >= 0.6 is 0 Å². The molecular weight excluding hydrogens is 278 g/mol. The summed E-state index contributed by atoms with van der Waals surface area (Å²) >= 11 is 0. The highest BCUT2D eigenvalue weighted by molar-refractivity contribution is 5.98. The molecular formula is C16H11N5O. The topological polar surface area (TPSA) is 105 Å². The first-order valence-electron chi connectivity index (χ1n) is 6.51. The van der Waals surface area contributed by atoms with Gasteiger partial charge >= 0.3 is 0 Å². The first-order chi connectivity index (χ1) is 10.7. The molecule has 0 saturated heterocycles. The number of nitrogens with two attached hydrogens (primary N) is 1. The Balaban J connectivity index is 2.10. The number of nitrogens with one attached hydrogen (secondary N) is 1. The minimum Gasteiger partial charge on any atom is -0.364 e. The molecule has 0 atom stereocenters. The number of rotatable bonds is 3. The first-order valence-corrected chi connectivity index (χ1v) is 6.51. The Morgan fingerprint density at radius 3 is 2.50 bits per heavy atom. The van der Waals surface area contributed by atoms with E-state index in [2.05, 4.69) is 21.4 Å². The summed E-state index contributed by atoms with van der Waals surface area (Å²) in [7, 11) is 0. The highest BCUT2D eigenvalue weighted by atomic mass is 16.1. The third-order valence-electron chi connectivity index (χ3n) is 3.06. The maximum atomic E-state index is 11.6. The Kier molecular flexibility index (Phi) is 3.38. The van der Waals surface area contributed by atoms with Crippen molar-refractivity contribution in [3.63, 3.8) is 0 Å². The molecule has 6 nitrogen and oxygen atoms in total. The van der Waals surface area contributed by atoms with Crippen molar-refractivity contribution in [2.45, 2.75) is 0 Å². The molecule has 1 aromatic heterocycles. The van der Waals surface area contributed by atoms with Gasteiger partial charge in [-0.3, -0.25) is 4.79 Å². The molecule has 6 heteroatoms. The number of amides is 1. The number of carbonyl (C=O) groups excluding carboxylic acids is 1. The molecule has 0 fully saturated rings. The SMILES string of the molecule is N#Cc1cccc(Nc2nc3ccccc3nc2C(N)=O)c1. The van der Waals surface area contributed by atoms with Gasteiger partial charge in [0.1, 0.15) is 0 Å². The normalized spacial score (nSPS) is 10.1. The average Bonchev–Trinajstić information content (AvgIpc) is 2.54. The van der Waals surface area contributed by atoms with Crippen LogP contribution in [0.25, 0.3) is 11.0 Å². The number of aromatic nitrogens is 2. The van der Waals surface area contributed by atoms with Gasteiger partial charge in [-0.15, -0.1) is 0 Å². The Morgan fingerprint density at radius 1 is 1.09 bits per heavy atom. The van der Waals surface area contributed by atoms with Gasteiger partial charge in [0.25, 0.3) is 5.91 Å². The minimum absolute atomic E-state index is 0.0565. The van der Waals surface area contributed by atoms with Crippen LogP contribution in [0.2, 0.25) is 0 Å². The fourth-order valence-corrected chi connectivity index (χ4v) is 2.06. The van der Waals surface area contributed by atoms with Gasteiger partial charge in [0.05, 0.1) is 22.7 Å². The molecule has 2 aromatic carbocycles. The van der Waals surface area contributed by atoms with E-state index < -0.39 is 5.91 Å². The number of benzene rings is 2. The zero-order chi connectivity index (χ0) is 15.5. The Morgan fingerprint density at radius 2 is 1.82 bits per heavy atom. The van der Waals surface area contributed by atoms with Gasteiger partial charge in [-0.2, -0.15) is 5.26 Å². The number of nitrogens with zero attached hydrogens (tertiary/aromatic N) is 3. The van der Waals surface area contributed by atoms with Crippen LogP contribution < -0.4 is 11.1 Å². The van der Waals surface area contributed by atoms with Crippen molar-refractivity contribution in [3.05, 3.63) is 59.8 Å². The lowest BCUT2D eigenvalue weighted by Crippen LogP contribution is -2.16. The molecule has 0 saturated carbocycles. The molecule has 3 aromatic rings. The van der Waals surface area contributed by atoms with Crippen LogP contribution in [0, 0.1) is 11.3 Å². The van der Waals surface area contributed by atoms with E-state index >= 15 is 0 Å². The third kappa shape index (κ3) is 2.55. The van der Waals surface area contributed by atoms with E-state index in [1.807, 2.05) is 12.1 Å². The van der Waals surface area contributed by atoms with Crippen molar-refractivity contribution in [2.24, 2.45) is 5.73 Å². The number of hydrogen-bond acceptors (Lipinski definition) is 5. The highest BCUT2D eigenvalue weighted by Gasteiger charge is 2.14. The summed E-state index contributed by atoms with van der Waals surface area (Å²) < 4.78 is 0. The zero-order valence-electron chi connectivity index (χ0n) is 11.4. The van der Waals surface area contributed by atoms with Gasteiger partial charge in [-0.05, 0) is 30.3 Å². The summed E-state index contributed by atoms with van der Waals surface area (Å²) in [6.07, 6.45) is 0. The Hall–Kier alpha value is -3.46. The number of hydrogen-bond donors (Lipinski definition) is 2. The molecule has 0 aliphatic heterocycles. The van der Waals surface area contributed by atoms with Crippen molar-refractivity contribution >= 4 is 28.4 Å². The number of nitriles is 1. The molecule has 1 amide bonds. The number of fused-ring (bicyclic) bond motifs is 1. The molecule has 0 spiro atoms. The van der Waals surface area contributed by atoms with E-state index in [0.717, 1.165) is 0 Å². The fourth-order valence-electron chi connectivity index (χ4n) is 2.06. The van der Waals surface area contributed by atoms with Crippen LogP contribution in [-0.4, -0.2) is 15.9 Å². The van der Waals surface area contributed by atoms with Crippen LogP contribution in [0.5, 0.6) is 0 Å². The van der Waals surface area contributed by atoms with Gasteiger partial charge in [0.15, 0.2) is 11.5 Å². The van der Waals surface area contributed by atoms with E-state index in [-0.39, 0.29) is 11.5 Å². The maximum Gasteiger partial charge on any atom is 0.271 e. The lowest BCUT2D eigenvalue weighted by Gasteiger charge is -2.10. The summed E-state index contributed by atoms with van der Waals surface area (Å²) in [6.45, 7) is 0. The van der Waals surface area contributed by atoms with Crippen molar-refractivity contribution in [3.8, 4) is 6.07 Å². The van der Waals surface area contributed by atoms with Crippen LogP contribution in [0.15, 0.2) is 48.5 Å². The molecule has 3 rings (SSSR count). The summed E-state index contributed by atoms with van der Waals surface area (Å²) in [5.41, 5.74) is 7.80. The summed E-state index contributed by atoms with van der Waals surface area (Å²) in [5, 5.41) is 11.9. The van der Waals surface area contributed by atoms with Gasteiger partial charge in [0.2, 0.25) is 0 Å². The standard InChI is InChI=1S/C16H11N5O/c17-9-10-4-3-5-11(8-10)19-16-14(15(18)22)20-12-6-1-2-7-13(12)21-16/h1-8H,(H2,18,22)(H,19,21). The van der Waals surface area contributed by atoms with Crippen molar-refractivity contribution in [2.75, 3.05) is 5.32 Å². The molecule has 0 aliphatic rings. The summed E-state index contributed by atoms with van der Waals surface area (Å²) in [6, 6.07) is 16.1. The number of para-hydroxylation sites is 2. The second-order valence-electron chi connectivity index (χ2n) is 4.59. The van der Waals surface area contributed by atoms with Gasteiger partial charge in [-0.1, -0.05) is 18.2 Å². The zero-order valence-corrected chi connectivity index (χ0v) is 11.4. The van der Waals surface area contributed by atoms with Gasteiger partial charge < -0.3 is 11.1 Å². The smallest absolute Gasteiger partial charge is 0.271 e. The maximum absolute atomic E-state index is 11.6. The van der Waals surface area contributed by atoms with Crippen LogP contribution in [-0.2, 0) is 0 Å². The Bertz CT molecular complexity index is 914. The van der Waals surface area contributed by atoms with E-state index in [0.29, 0.717) is 22.3 Å². The number of primary amides is 1. The van der Waals surface area contributed by atoms with E-state index in [4.69, 9.17) is 11.0 Å². The quantitative estimate of drug-likeness (QED) is 0.770. The second-order valence-corrected chi connectivity index (χ2v) is 4.59. The third-order valence-corrected chi connectivity index (χ3v) is 3.06.